The summed E-state index contributed by atoms with van der Waals surface area (Å²) in [4.78, 5) is 0.962. The van der Waals surface area contributed by atoms with E-state index in [1.54, 1.807) is 24.3 Å². The smallest absolute Gasteiger partial charge is 0.285 e. The van der Waals surface area contributed by atoms with Crippen LogP contribution in [0.3, 0.4) is 0 Å². The maximum atomic E-state index is 13.9. The highest BCUT2D eigenvalue weighted by atomic mass is 32.2. The summed E-state index contributed by atoms with van der Waals surface area (Å²) in [5.41, 5.74) is 3.16. The van der Waals surface area contributed by atoms with Gasteiger partial charge in [0.15, 0.2) is 5.54 Å². The summed E-state index contributed by atoms with van der Waals surface area (Å²) in [6.07, 6.45) is 1.99. The molecule has 43 heavy (non-hydrogen) atoms. The molecule has 7 rings (SSSR count). The number of hydrazone groups is 1. The third kappa shape index (κ3) is 4.78. The average Bonchev–Trinajstić information content (AvgIpc) is 3.78. The Kier molecular flexibility index (Phi) is 6.80. The van der Waals surface area contributed by atoms with E-state index in [2.05, 4.69) is 4.40 Å². The molecule has 0 N–H and O–H groups in total. The van der Waals surface area contributed by atoms with Crippen LogP contribution >= 0.6 is 11.3 Å². The van der Waals surface area contributed by atoms with Gasteiger partial charge >= 0.3 is 0 Å². The van der Waals surface area contributed by atoms with Crippen molar-refractivity contribution in [2.75, 3.05) is 5.01 Å². The molecule has 0 aliphatic carbocycles. The third-order valence-corrected chi connectivity index (χ3v) is 9.82. The molecular weight excluding hydrogens is 575 g/mol. The monoisotopic (exact) mass is 601 g/mol. The van der Waals surface area contributed by atoms with Crippen molar-refractivity contribution in [3.63, 3.8) is 0 Å². The second kappa shape index (κ2) is 10.8. The van der Waals surface area contributed by atoms with E-state index in [0.29, 0.717) is 5.76 Å². The standard InChI is InChI=1S/C35H27N3O3S2/c1-25-19-21-29(22-20-25)43(39,40)37-34-35(24-30(41-34)31-18-11-23-42-31)32(26-12-5-2-6-13-26)33(27-14-7-3-8-15-27)36-38(35)28-16-9-4-10-17-28/h2-24,32H,1H3. The van der Waals surface area contributed by atoms with Crippen molar-refractivity contribution < 1.29 is 13.2 Å². The Labute approximate surface area is 255 Å². The van der Waals surface area contributed by atoms with Crippen molar-refractivity contribution in [3.05, 3.63) is 160 Å². The van der Waals surface area contributed by atoms with Crippen LogP contribution in [0.1, 0.15) is 27.5 Å². The highest BCUT2D eigenvalue weighted by Gasteiger charge is 2.60. The van der Waals surface area contributed by atoms with Crippen molar-refractivity contribution in [2.45, 2.75) is 23.3 Å². The SMILES string of the molecule is Cc1ccc(S(=O)(=O)N=C2OC(c3cccs3)=CC23C(c2ccccc2)C(c2ccccc2)=NN3c2ccccc2)cc1. The molecule has 1 spiro atoms. The second-order valence-electron chi connectivity index (χ2n) is 10.4. The zero-order valence-electron chi connectivity index (χ0n) is 23.2. The summed E-state index contributed by atoms with van der Waals surface area (Å²) in [6.45, 7) is 1.91. The van der Waals surface area contributed by atoms with E-state index >= 15 is 0 Å². The molecule has 0 saturated carbocycles. The average molecular weight is 602 g/mol. The Bertz CT molecular complexity index is 1950. The lowest BCUT2D eigenvalue weighted by Gasteiger charge is -2.36. The molecule has 2 aliphatic heterocycles. The van der Waals surface area contributed by atoms with Gasteiger partial charge in [-0.3, -0.25) is 0 Å². The molecular formula is C35H27N3O3S2. The number of hydrogen-bond donors (Lipinski definition) is 0. The molecule has 2 atom stereocenters. The number of benzene rings is 4. The van der Waals surface area contributed by atoms with Gasteiger partial charge < -0.3 is 4.74 Å². The van der Waals surface area contributed by atoms with E-state index in [0.717, 1.165) is 33.0 Å². The highest BCUT2D eigenvalue weighted by Crippen LogP contribution is 2.51. The van der Waals surface area contributed by atoms with Gasteiger partial charge in [0.1, 0.15) is 5.76 Å². The van der Waals surface area contributed by atoms with Crippen molar-refractivity contribution >= 4 is 44.4 Å². The first-order chi connectivity index (χ1) is 21.0. The van der Waals surface area contributed by atoms with Gasteiger partial charge in [-0.2, -0.15) is 13.5 Å². The lowest BCUT2D eigenvalue weighted by molar-refractivity contribution is 0.475. The Balaban J connectivity index is 1.54. The summed E-state index contributed by atoms with van der Waals surface area (Å²) in [5.74, 6) is 0.129. The van der Waals surface area contributed by atoms with Crippen LogP contribution in [0.2, 0.25) is 0 Å². The number of anilines is 1. The Morgan fingerprint density at radius 1 is 0.814 bits per heavy atom. The van der Waals surface area contributed by atoms with Gasteiger partial charge in [-0.05, 0) is 59.8 Å². The number of hydrogen-bond acceptors (Lipinski definition) is 6. The molecule has 3 heterocycles. The first-order valence-electron chi connectivity index (χ1n) is 13.9. The maximum absolute atomic E-state index is 13.9. The predicted octanol–water partition coefficient (Wildman–Crippen LogP) is 7.66. The molecule has 4 aromatic carbocycles. The molecule has 0 bridgehead atoms. The molecule has 2 aliphatic rings. The lowest BCUT2D eigenvalue weighted by atomic mass is 9.75. The molecule has 0 amide bonds. The van der Waals surface area contributed by atoms with E-state index < -0.39 is 21.5 Å². The molecule has 212 valence electrons. The summed E-state index contributed by atoms with van der Waals surface area (Å²) in [5, 5.41) is 9.09. The predicted molar refractivity (Wildman–Crippen MR) is 173 cm³/mol. The summed E-state index contributed by atoms with van der Waals surface area (Å²) in [7, 11) is -4.15. The van der Waals surface area contributed by atoms with Crippen molar-refractivity contribution in [2.24, 2.45) is 9.50 Å². The van der Waals surface area contributed by atoms with Crippen LogP contribution in [0.25, 0.3) is 5.76 Å². The number of para-hydroxylation sites is 1. The van der Waals surface area contributed by atoms with Crippen LogP contribution in [0.4, 0.5) is 5.69 Å². The minimum atomic E-state index is -4.15. The fourth-order valence-electron chi connectivity index (χ4n) is 5.65. The Hall–Kier alpha value is -4.79. The van der Waals surface area contributed by atoms with E-state index in [1.165, 1.54) is 11.3 Å². The zero-order valence-corrected chi connectivity index (χ0v) is 24.9. The fourth-order valence-corrected chi connectivity index (χ4v) is 7.31. The minimum Gasteiger partial charge on any atom is -0.438 e. The summed E-state index contributed by atoms with van der Waals surface area (Å²) < 4.78 is 38.9. The van der Waals surface area contributed by atoms with Gasteiger partial charge in [0, 0.05) is 0 Å². The molecule has 6 nitrogen and oxygen atoms in total. The van der Waals surface area contributed by atoms with Gasteiger partial charge in [0.25, 0.3) is 10.0 Å². The second-order valence-corrected chi connectivity index (χ2v) is 13.0. The lowest BCUT2D eigenvalue weighted by Crippen LogP contribution is -2.51. The normalized spacial score (nSPS) is 20.7. The van der Waals surface area contributed by atoms with Gasteiger partial charge in [0.05, 0.1) is 27.1 Å². The molecule has 0 fully saturated rings. The van der Waals surface area contributed by atoms with Crippen molar-refractivity contribution in [1.82, 2.24) is 0 Å². The van der Waals surface area contributed by atoms with Crippen LogP contribution in [0, 0.1) is 6.92 Å². The van der Waals surface area contributed by atoms with Crippen molar-refractivity contribution in [1.29, 1.82) is 0 Å². The number of nitrogens with zero attached hydrogens (tertiary/aromatic N) is 3. The molecule has 0 radical (unpaired) electrons. The molecule has 0 saturated heterocycles. The first-order valence-corrected chi connectivity index (χ1v) is 16.2. The number of aryl methyl sites for hydroxylation is 1. The number of sulfonamides is 1. The van der Waals surface area contributed by atoms with Gasteiger partial charge in [-0.1, -0.05) is 103 Å². The minimum absolute atomic E-state index is 0.0452. The zero-order chi connectivity index (χ0) is 29.4. The number of rotatable bonds is 6. The van der Waals surface area contributed by atoms with Gasteiger partial charge in [0.2, 0.25) is 5.90 Å². The first kappa shape index (κ1) is 27.1. The van der Waals surface area contributed by atoms with Crippen LogP contribution in [-0.4, -0.2) is 25.6 Å². The van der Waals surface area contributed by atoms with E-state index in [-0.39, 0.29) is 10.8 Å². The molecule has 1 aromatic heterocycles. The molecule has 2 unspecified atom stereocenters. The summed E-state index contributed by atoms with van der Waals surface area (Å²) in [6, 6.07) is 40.3. The largest absolute Gasteiger partial charge is 0.438 e. The Morgan fingerprint density at radius 2 is 1.47 bits per heavy atom. The third-order valence-electron chi connectivity index (χ3n) is 7.66. The summed E-state index contributed by atoms with van der Waals surface area (Å²) >= 11 is 1.52. The van der Waals surface area contributed by atoms with Crippen LogP contribution < -0.4 is 5.01 Å². The van der Waals surface area contributed by atoms with E-state index in [1.807, 2.05) is 127 Å². The quantitative estimate of drug-likeness (QED) is 0.200. The van der Waals surface area contributed by atoms with Crippen LogP contribution in [0.15, 0.2) is 153 Å². The van der Waals surface area contributed by atoms with Crippen LogP contribution in [-0.2, 0) is 14.8 Å². The van der Waals surface area contributed by atoms with Crippen molar-refractivity contribution in [3.8, 4) is 0 Å². The topological polar surface area (TPSA) is 71.3 Å². The number of thiophene rings is 1. The van der Waals surface area contributed by atoms with Gasteiger partial charge in [-0.25, -0.2) is 5.01 Å². The Morgan fingerprint density at radius 3 is 2.12 bits per heavy atom. The maximum Gasteiger partial charge on any atom is 0.285 e. The van der Waals surface area contributed by atoms with Gasteiger partial charge in [-0.15, -0.1) is 15.7 Å². The number of ether oxygens (including phenoxy) is 1. The van der Waals surface area contributed by atoms with Crippen LogP contribution in [0.5, 0.6) is 0 Å². The fraction of sp³-hybridized carbons (Fsp3) is 0.0857. The highest BCUT2D eigenvalue weighted by molar-refractivity contribution is 7.90. The molecule has 5 aromatic rings. The van der Waals surface area contributed by atoms with E-state index in [9.17, 15) is 8.42 Å². The van der Waals surface area contributed by atoms with E-state index in [4.69, 9.17) is 9.84 Å². The molecule has 8 heteroatoms.